The summed E-state index contributed by atoms with van der Waals surface area (Å²) in [7, 11) is 0. The molecule has 28 heavy (non-hydrogen) atoms. The number of benzene rings is 2. The number of anilines is 1. The van der Waals surface area contributed by atoms with Crippen molar-refractivity contribution in [3.8, 4) is 0 Å². The van der Waals surface area contributed by atoms with Crippen LogP contribution in [0.2, 0.25) is 0 Å². The number of carboxylic acids is 1. The van der Waals surface area contributed by atoms with Gasteiger partial charge in [0.2, 0.25) is 11.8 Å². The van der Waals surface area contributed by atoms with Crippen molar-refractivity contribution in [2.45, 2.75) is 25.3 Å². The van der Waals surface area contributed by atoms with Crippen LogP contribution in [0.25, 0.3) is 0 Å². The van der Waals surface area contributed by atoms with Crippen molar-refractivity contribution in [3.05, 3.63) is 65.7 Å². The van der Waals surface area contributed by atoms with Crippen molar-refractivity contribution < 1.29 is 19.5 Å². The molecule has 0 aromatic heterocycles. The normalized spacial score (nSPS) is 22.2. The van der Waals surface area contributed by atoms with E-state index in [-0.39, 0.29) is 30.8 Å². The minimum Gasteiger partial charge on any atom is -0.481 e. The van der Waals surface area contributed by atoms with E-state index in [1.807, 2.05) is 37.3 Å². The molecule has 2 aliphatic rings. The lowest BCUT2D eigenvalue weighted by atomic mass is 10.0. The molecular formula is C22H22N2O4. The molecule has 6 nitrogen and oxygen atoms in total. The van der Waals surface area contributed by atoms with Gasteiger partial charge >= 0.3 is 5.97 Å². The van der Waals surface area contributed by atoms with Crippen molar-refractivity contribution in [1.29, 1.82) is 0 Å². The first kappa shape index (κ1) is 18.2. The molecular weight excluding hydrogens is 356 g/mol. The zero-order valence-electron chi connectivity index (χ0n) is 15.6. The number of amides is 2. The summed E-state index contributed by atoms with van der Waals surface area (Å²) in [6, 6.07) is 16.7. The molecule has 0 spiro atoms. The average molecular weight is 378 g/mol. The summed E-state index contributed by atoms with van der Waals surface area (Å²) in [5.41, 5.74) is 2.32. The van der Waals surface area contributed by atoms with Gasteiger partial charge in [-0.2, -0.15) is 0 Å². The van der Waals surface area contributed by atoms with Crippen molar-refractivity contribution in [1.82, 2.24) is 4.90 Å². The summed E-state index contributed by atoms with van der Waals surface area (Å²) in [6.07, 6.45) is 0.159. The minimum absolute atomic E-state index is 0.0445. The number of fused-ring (bicyclic) bond motifs is 1. The molecule has 3 atom stereocenters. The molecule has 0 radical (unpaired) electrons. The van der Waals surface area contributed by atoms with Crippen LogP contribution < -0.4 is 4.90 Å². The fraction of sp³-hybridized carbons (Fsp3) is 0.318. The number of hydrogen-bond acceptors (Lipinski definition) is 3. The Hall–Kier alpha value is -3.15. The van der Waals surface area contributed by atoms with Gasteiger partial charge in [-0.05, 0) is 24.1 Å². The predicted molar refractivity (Wildman–Crippen MR) is 104 cm³/mol. The summed E-state index contributed by atoms with van der Waals surface area (Å²) in [5, 5.41) is 9.51. The first-order valence-corrected chi connectivity index (χ1v) is 9.45. The molecule has 2 heterocycles. The zero-order chi connectivity index (χ0) is 19.8. The third-order valence-electron chi connectivity index (χ3n) is 5.79. The highest BCUT2D eigenvalue weighted by molar-refractivity contribution is 6.02. The van der Waals surface area contributed by atoms with Crippen molar-refractivity contribution in [3.63, 3.8) is 0 Å². The predicted octanol–water partition coefficient (Wildman–Crippen LogP) is 2.81. The molecule has 3 unspecified atom stereocenters. The first-order valence-electron chi connectivity index (χ1n) is 9.45. The van der Waals surface area contributed by atoms with Crippen LogP contribution in [0.1, 0.15) is 36.4 Å². The van der Waals surface area contributed by atoms with Gasteiger partial charge in [0, 0.05) is 25.2 Å². The largest absolute Gasteiger partial charge is 0.481 e. The van der Waals surface area contributed by atoms with Crippen LogP contribution in [-0.2, 0) is 14.4 Å². The highest BCUT2D eigenvalue weighted by Crippen LogP contribution is 2.38. The van der Waals surface area contributed by atoms with Gasteiger partial charge < -0.3 is 14.9 Å². The number of rotatable bonds is 4. The molecule has 0 bridgehead atoms. The third kappa shape index (κ3) is 3.05. The quantitative estimate of drug-likeness (QED) is 0.887. The minimum atomic E-state index is -0.940. The van der Waals surface area contributed by atoms with Crippen LogP contribution in [-0.4, -0.2) is 40.9 Å². The fourth-order valence-corrected chi connectivity index (χ4v) is 4.23. The van der Waals surface area contributed by atoms with Gasteiger partial charge in [-0.15, -0.1) is 0 Å². The Morgan fingerprint density at radius 2 is 1.71 bits per heavy atom. The number of carbonyl (C=O) groups is 3. The number of aliphatic carboxylic acids is 1. The van der Waals surface area contributed by atoms with E-state index in [4.69, 9.17) is 0 Å². The third-order valence-corrected chi connectivity index (χ3v) is 5.79. The lowest BCUT2D eigenvalue weighted by Crippen LogP contribution is -2.37. The maximum Gasteiger partial charge on any atom is 0.312 e. The Kier molecular flexibility index (Phi) is 4.63. The molecule has 6 heteroatoms. The molecule has 1 saturated heterocycles. The second kappa shape index (κ2) is 7.11. The SMILES string of the molecule is CC(c1ccccc1)N1CC(C(=O)N2CC(C(=O)O)c3ccccc32)CC1=O. The molecule has 1 N–H and O–H groups in total. The van der Waals surface area contributed by atoms with Crippen LogP contribution >= 0.6 is 0 Å². The van der Waals surface area contributed by atoms with Gasteiger partial charge in [0.1, 0.15) is 5.92 Å². The van der Waals surface area contributed by atoms with Gasteiger partial charge in [0.15, 0.2) is 0 Å². The molecule has 4 rings (SSSR count). The van der Waals surface area contributed by atoms with Crippen LogP contribution in [0.3, 0.4) is 0 Å². The van der Waals surface area contributed by atoms with Gasteiger partial charge in [0.25, 0.3) is 0 Å². The summed E-state index contributed by atoms with van der Waals surface area (Å²) < 4.78 is 0. The number of nitrogens with zero attached hydrogens (tertiary/aromatic N) is 2. The molecule has 2 aromatic rings. The van der Waals surface area contributed by atoms with Gasteiger partial charge in [-0.3, -0.25) is 14.4 Å². The Morgan fingerprint density at radius 1 is 1.04 bits per heavy atom. The summed E-state index contributed by atoms with van der Waals surface area (Å²) in [6.45, 7) is 2.43. The van der Waals surface area contributed by atoms with Crippen LogP contribution in [0.15, 0.2) is 54.6 Å². The Labute approximate surface area is 163 Å². The van der Waals surface area contributed by atoms with E-state index in [0.29, 0.717) is 17.8 Å². The van der Waals surface area contributed by atoms with Crippen LogP contribution in [0.4, 0.5) is 5.69 Å². The maximum absolute atomic E-state index is 13.2. The average Bonchev–Trinajstić information content (AvgIpc) is 3.29. The highest BCUT2D eigenvalue weighted by Gasteiger charge is 2.43. The number of carboxylic acid groups (broad SMARTS) is 1. The van der Waals surface area contributed by atoms with Crippen molar-refractivity contribution >= 4 is 23.5 Å². The highest BCUT2D eigenvalue weighted by atomic mass is 16.4. The second-order valence-corrected chi connectivity index (χ2v) is 7.43. The zero-order valence-corrected chi connectivity index (χ0v) is 15.6. The van der Waals surface area contributed by atoms with E-state index in [0.717, 1.165) is 5.56 Å². The summed E-state index contributed by atoms with van der Waals surface area (Å²) in [5.74, 6) is -2.34. The van der Waals surface area contributed by atoms with E-state index >= 15 is 0 Å². The molecule has 2 aromatic carbocycles. The summed E-state index contributed by atoms with van der Waals surface area (Å²) >= 11 is 0. The van der Waals surface area contributed by atoms with E-state index in [9.17, 15) is 19.5 Å². The number of hydrogen-bond donors (Lipinski definition) is 1. The number of carbonyl (C=O) groups excluding carboxylic acids is 2. The van der Waals surface area contributed by atoms with Gasteiger partial charge in [-0.25, -0.2) is 0 Å². The standard InChI is InChI=1S/C22H22N2O4/c1-14(15-7-3-2-4-8-15)23-12-16(11-20(23)25)21(26)24-13-18(22(27)28)17-9-5-6-10-19(17)24/h2-10,14,16,18H,11-13H2,1H3,(H,27,28). The Bertz CT molecular complexity index is 927. The molecule has 1 fully saturated rings. The Balaban J connectivity index is 1.54. The molecule has 0 saturated carbocycles. The van der Waals surface area contributed by atoms with E-state index in [2.05, 4.69) is 0 Å². The first-order chi connectivity index (χ1) is 13.5. The molecule has 0 aliphatic carbocycles. The molecule has 2 amide bonds. The topological polar surface area (TPSA) is 77.9 Å². The molecule has 144 valence electrons. The number of para-hydroxylation sites is 1. The smallest absolute Gasteiger partial charge is 0.312 e. The van der Waals surface area contributed by atoms with Gasteiger partial charge in [-0.1, -0.05) is 48.5 Å². The Morgan fingerprint density at radius 3 is 2.43 bits per heavy atom. The van der Waals surface area contributed by atoms with E-state index in [1.54, 1.807) is 34.1 Å². The van der Waals surface area contributed by atoms with E-state index < -0.39 is 17.8 Å². The van der Waals surface area contributed by atoms with Crippen molar-refractivity contribution in [2.75, 3.05) is 18.0 Å². The van der Waals surface area contributed by atoms with Crippen molar-refractivity contribution in [2.24, 2.45) is 5.92 Å². The lowest BCUT2D eigenvalue weighted by molar-refractivity contribution is -0.138. The molecule has 2 aliphatic heterocycles. The lowest BCUT2D eigenvalue weighted by Gasteiger charge is -2.26. The van der Waals surface area contributed by atoms with Gasteiger partial charge in [0.05, 0.1) is 12.0 Å². The number of likely N-dealkylation sites (tertiary alicyclic amines) is 1. The monoisotopic (exact) mass is 378 g/mol. The fourth-order valence-electron chi connectivity index (χ4n) is 4.23. The second-order valence-electron chi connectivity index (χ2n) is 7.43. The van der Waals surface area contributed by atoms with Crippen LogP contribution in [0, 0.1) is 5.92 Å². The van der Waals surface area contributed by atoms with E-state index in [1.165, 1.54) is 0 Å². The van der Waals surface area contributed by atoms with Crippen LogP contribution in [0.5, 0.6) is 0 Å². The summed E-state index contributed by atoms with van der Waals surface area (Å²) in [4.78, 5) is 40.7. The maximum atomic E-state index is 13.2.